The maximum absolute atomic E-state index is 13.6. The van der Waals surface area contributed by atoms with E-state index in [1.165, 1.54) is 0 Å². The van der Waals surface area contributed by atoms with Crippen LogP contribution in [0, 0.1) is 69.0 Å². The van der Waals surface area contributed by atoms with Gasteiger partial charge in [0, 0.05) is 51.4 Å². The number of hydrogen-bond donors (Lipinski definition) is 0. The lowest BCUT2D eigenvalue weighted by atomic mass is 9.78. The molecule has 0 bridgehead atoms. The third-order valence-electron chi connectivity index (χ3n) is 10.5. The molecule has 0 aromatic carbocycles. The summed E-state index contributed by atoms with van der Waals surface area (Å²) in [5.74, 6) is 15.9. The highest BCUT2D eigenvalue weighted by atomic mass is 16.6. The molecule has 0 saturated carbocycles. The van der Waals surface area contributed by atoms with Gasteiger partial charge in [0.05, 0.1) is 52.9 Å². The SMILES string of the molecule is CCOC(=O)C1(C(=O)OCC)CC#CCCCCC(C(=O)OCC)(C(=O)OCC)CC#CCC(C(=O)OCC)(C(=O)OCC)CC#CCCCCC(C(=O)OCC)(C(=O)OCC)CC#CC1. The zero-order chi connectivity index (χ0) is 49.5. The molecule has 16 nitrogen and oxygen atoms in total. The lowest BCUT2D eigenvalue weighted by Gasteiger charge is -2.28. The molecule has 0 saturated heterocycles. The van der Waals surface area contributed by atoms with E-state index < -0.39 is 82.3 Å². The van der Waals surface area contributed by atoms with Gasteiger partial charge >= 0.3 is 47.8 Å². The van der Waals surface area contributed by atoms with E-state index in [1.807, 2.05) is 0 Å². The fourth-order valence-corrected chi connectivity index (χ4v) is 6.80. The molecular formula is C50H68O16. The van der Waals surface area contributed by atoms with Crippen molar-refractivity contribution in [1.29, 1.82) is 0 Å². The van der Waals surface area contributed by atoms with Gasteiger partial charge in [-0.1, -0.05) is 12.8 Å². The van der Waals surface area contributed by atoms with Crippen molar-refractivity contribution in [3.05, 3.63) is 0 Å². The Morgan fingerprint density at radius 1 is 0.288 bits per heavy atom. The summed E-state index contributed by atoms with van der Waals surface area (Å²) in [6.07, 6.45) is -0.924. The van der Waals surface area contributed by atoms with E-state index >= 15 is 0 Å². The second-order valence-electron chi connectivity index (χ2n) is 15.0. The Morgan fingerprint density at radius 2 is 0.470 bits per heavy atom. The van der Waals surface area contributed by atoms with E-state index in [0.717, 1.165) is 0 Å². The Kier molecular flexibility index (Phi) is 27.3. The van der Waals surface area contributed by atoms with Crippen LogP contribution in [0.15, 0.2) is 0 Å². The van der Waals surface area contributed by atoms with Crippen molar-refractivity contribution in [3.8, 4) is 47.4 Å². The molecule has 0 heterocycles. The monoisotopic (exact) mass is 924 g/mol. The zero-order valence-corrected chi connectivity index (χ0v) is 40.1. The maximum atomic E-state index is 13.6. The molecule has 0 amide bonds. The molecule has 0 fully saturated rings. The lowest BCUT2D eigenvalue weighted by Crippen LogP contribution is -2.42. The van der Waals surface area contributed by atoms with Crippen LogP contribution in [0.4, 0.5) is 0 Å². The summed E-state index contributed by atoms with van der Waals surface area (Å²) in [7, 11) is 0. The van der Waals surface area contributed by atoms with Crippen LogP contribution in [0.5, 0.6) is 0 Å². The Labute approximate surface area is 390 Å². The lowest BCUT2D eigenvalue weighted by molar-refractivity contribution is -0.174. The van der Waals surface area contributed by atoms with Crippen LogP contribution in [0.2, 0.25) is 0 Å². The number of hydrogen-bond acceptors (Lipinski definition) is 16. The normalized spacial score (nSPS) is 17.1. The average molecular weight is 925 g/mol. The highest BCUT2D eigenvalue weighted by molar-refractivity contribution is 6.03. The molecular weight excluding hydrogens is 857 g/mol. The van der Waals surface area contributed by atoms with Gasteiger partial charge in [0.1, 0.15) is 0 Å². The summed E-state index contributed by atoms with van der Waals surface area (Å²) >= 11 is 0. The first-order valence-electron chi connectivity index (χ1n) is 22.9. The first kappa shape index (κ1) is 58.0. The molecule has 0 N–H and O–H groups in total. The van der Waals surface area contributed by atoms with Gasteiger partial charge in [-0.05, 0) is 81.1 Å². The van der Waals surface area contributed by atoms with Crippen LogP contribution in [0.3, 0.4) is 0 Å². The van der Waals surface area contributed by atoms with Crippen LogP contribution in [-0.2, 0) is 76.3 Å². The zero-order valence-electron chi connectivity index (χ0n) is 40.1. The predicted molar refractivity (Wildman–Crippen MR) is 239 cm³/mol. The van der Waals surface area contributed by atoms with Crippen LogP contribution < -0.4 is 0 Å². The molecule has 1 rings (SSSR count). The Bertz CT molecular complexity index is 1710. The third kappa shape index (κ3) is 16.2. The summed E-state index contributed by atoms with van der Waals surface area (Å²) in [6, 6.07) is 0. The van der Waals surface area contributed by atoms with Crippen molar-refractivity contribution in [2.45, 2.75) is 145 Å². The van der Waals surface area contributed by atoms with E-state index in [0.29, 0.717) is 12.8 Å². The van der Waals surface area contributed by atoms with Crippen molar-refractivity contribution in [3.63, 3.8) is 0 Å². The molecule has 0 atom stereocenters. The van der Waals surface area contributed by atoms with Gasteiger partial charge in [0.2, 0.25) is 0 Å². The van der Waals surface area contributed by atoms with E-state index in [-0.39, 0.29) is 117 Å². The van der Waals surface area contributed by atoms with Crippen molar-refractivity contribution in [2.75, 3.05) is 52.9 Å². The number of carbonyl (C=O) groups is 8. The average Bonchev–Trinajstić information content (AvgIpc) is 3.28. The first-order chi connectivity index (χ1) is 31.7. The number of ether oxygens (including phenoxy) is 8. The van der Waals surface area contributed by atoms with Gasteiger partial charge in [-0.2, -0.15) is 0 Å². The molecule has 0 aromatic rings. The minimum absolute atomic E-state index is 0.0445. The molecule has 66 heavy (non-hydrogen) atoms. The number of rotatable bonds is 16. The topological polar surface area (TPSA) is 210 Å². The van der Waals surface area contributed by atoms with Gasteiger partial charge in [-0.3, -0.25) is 38.4 Å². The molecule has 0 spiro atoms. The van der Waals surface area contributed by atoms with Gasteiger partial charge in [0.15, 0.2) is 21.7 Å². The smallest absolute Gasteiger partial charge is 0.325 e. The summed E-state index contributed by atoms with van der Waals surface area (Å²) in [6.45, 7) is 12.2. The Balaban J connectivity index is 4.08. The van der Waals surface area contributed by atoms with Crippen LogP contribution >= 0.6 is 0 Å². The summed E-state index contributed by atoms with van der Waals surface area (Å²) in [4.78, 5) is 109. The van der Waals surface area contributed by atoms with E-state index in [9.17, 15) is 38.4 Å². The number of esters is 8. The molecule has 0 aliphatic heterocycles. The molecule has 0 aromatic heterocycles. The van der Waals surface area contributed by atoms with Crippen molar-refractivity contribution < 1.29 is 76.3 Å². The largest absolute Gasteiger partial charge is 0.465 e. The van der Waals surface area contributed by atoms with E-state index in [2.05, 4.69) is 47.4 Å². The Hall–Kier alpha value is -6.00. The summed E-state index contributed by atoms with van der Waals surface area (Å²) in [5.41, 5.74) is -7.75. The third-order valence-corrected chi connectivity index (χ3v) is 10.5. The van der Waals surface area contributed by atoms with E-state index in [1.54, 1.807) is 55.4 Å². The molecule has 1 aliphatic rings. The van der Waals surface area contributed by atoms with Gasteiger partial charge in [-0.15, -0.1) is 47.4 Å². The highest BCUT2D eigenvalue weighted by Gasteiger charge is 2.51. The molecule has 16 heteroatoms. The summed E-state index contributed by atoms with van der Waals surface area (Å²) in [5, 5.41) is 0. The van der Waals surface area contributed by atoms with E-state index in [4.69, 9.17) is 37.9 Å². The predicted octanol–water partition coefficient (Wildman–Crippen LogP) is 5.93. The quantitative estimate of drug-likeness (QED) is 0.0761. The Morgan fingerprint density at radius 3 is 0.682 bits per heavy atom. The minimum atomic E-state index is -1.99. The highest BCUT2D eigenvalue weighted by Crippen LogP contribution is 2.36. The van der Waals surface area contributed by atoms with Gasteiger partial charge in [0.25, 0.3) is 0 Å². The minimum Gasteiger partial charge on any atom is -0.465 e. The standard InChI is InChI=1S/C50H68O16/c1-9-59-39(51)47(40(52)60-10-2)31-23-19-17-20-24-33-49(43(55)63-13-5,44(56)64-14-6)37-29-30-38-50(45(57)65-15-7,46(58)66-16-8)34-26-22-18-21-25-32-48(36-28-27-35-47,41(53)61-11-3)42(54)62-12-4/h9-19,22-23,26,31-38H2,1-8H3. The molecule has 0 unspecified atom stereocenters. The molecule has 364 valence electrons. The second kappa shape index (κ2) is 31.0. The van der Waals surface area contributed by atoms with Crippen LogP contribution in [0.25, 0.3) is 0 Å². The fourth-order valence-electron chi connectivity index (χ4n) is 6.80. The van der Waals surface area contributed by atoms with Crippen LogP contribution in [0.1, 0.15) is 145 Å². The second-order valence-corrected chi connectivity index (χ2v) is 15.0. The number of carbonyl (C=O) groups excluding carboxylic acids is 8. The fraction of sp³-hybridized carbons (Fsp3) is 0.680. The van der Waals surface area contributed by atoms with Gasteiger partial charge in [-0.25, -0.2) is 0 Å². The molecule has 1 aliphatic carbocycles. The summed E-state index contributed by atoms with van der Waals surface area (Å²) < 4.78 is 42.8. The van der Waals surface area contributed by atoms with Crippen molar-refractivity contribution in [1.82, 2.24) is 0 Å². The van der Waals surface area contributed by atoms with Crippen molar-refractivity contribution >= 4 is 47.8 Å². The van der Waals surface area contributed by atoms with Crippen LogP contribution in [-0.4, -0.2) is 101 Å². The molecule has 0 radical (unpaired) electrons. The van der Waals surface area contributed by atoms with Crippen molar-refractivity contribution in [2.24, 2.45) is 21.7 Å². The first-order valence-corrected chi connectivity index (χ1v) is 22.9. The van der Waals surface area contributed by atoms with Gasteiger partial charge < -0.3 is 37.9 Å². The maximum Gasteiger partial charge on any atom is 0.325 e.